The molecule has 0 bridgehead atoms. The maximum atomic E-state index is 11.3. The van der Waals surface area contributed by atoms with Crippen molar-refractivity contribution in [1.29, 1.82) is 5.26 Å². The number of rotatable bonds is 2. The average Bonchev–Trinajstić information content (AvgIpc) is 2.37. The van der Waals surface area contributed by atoms with Crippen molar-refractivity contribution in [2.75, 3.05) is 13.4 Å². The molecule has 88 valence electrons. The van der Waals surface area contributed by atoms with Crippen LogP contribution < -0.4 is 5.32 Å². The Labute approximate surface area is 103 Å². The van der Waals surface area contributed by atoms with E-state index >= 15 is 0 Å². The number of aliphatic imine (C=N–C) groups is 1. The van der Waals surface area contributed by atoms with Crippen LogP contribution in [0.1, 0.15) is 10.4 Å². The predicted molar refractivity (Wildman–Crippen MR) is 67.1 cm³/mol. The van der Waals surface area contributed by atoms with Gasteiger partial charge in [-0.3, -0.25) is 5.32 Å². The van der Waals surface area contributed by atoms with E-state index < -0.39 is 5.97 Å². The van der Waals surface area contributed by atoms with Gasteiger partial charge in [0.25, 0.3) is 0 Å². The number of amidine groups is 1. The molecule has 0 atom stereocenters. The number of carbonyl (C=O) groups is 1. The van der Waals surface area contributed by atoms with E-state index in [0.717, 1.165) is 0 Å². The van der Waals surface area contributed by atoms with Crippen LogP contribution in [-0.4, -0.2) is 24.5 Å². The minimum atomic E-state index is -0.416. The molecule has 0 aromatic heterocycles. The molecule has 1 N–H and O–H groups in total. The van der Waals surface area contributed by atoms with Crippen molar-refractivity contribution in [2.24, 2.45) is 4.99 Å². The summed E-state index contributed by atoms with van der Waals surface area (Å²) in [5, 5.41) is 11.4. The number of thioether (sulfide) groups is 1. The van der Waals surface area contributed by atoms with Crippen LogP contribution in [0.25, 0.3) is 0 Å². The van der Waals surface area contributed by atoms with E-state index in [4.69, 9.17) is 5.26 Å². The lowest BCUT2D eigenvalue weighted by Gasteiger charge is -2.02. The van der Waals surface area contributed by atoms with Gasteiger partial charge in [0.2, 0.25) is 0 Å². The Hall–Kier alpha value is -2.00. The first-order valence-corrected chi connectivity index (χ1v) is 5.90. The second-order valence-corrected chi connectivity index (χ2v) is 3.69. The molecule has 1 aromatic carbocycles. The number of nitrogens with zero attached hydrogens (tertiary/aromatic N) is 2. The average molecular weight is 249 g/mol. The van der Waals surface area contributed by atoms with E-state index in [1.807, 2.05) is 0 Å². The van der Waals surface area contributed by atoms with Crippen molar-refractivity contribution in [1.82, 2.24) is 5.32 Å². The van der Waals surface area contributed by atoms with E-state index in [2.05, 4.69) is 15.0 Å². The van der Waals surface area contributed by atoms with Gasteiger partial charge in [0.15, 0.2) is 11.4 Å². The Kier molecular flexibility index (Phi) is 5.04. The summed E-state index contributed by atoms with van der Waals surface area (Å²) in [6, 6.07) is 6.68. The van der Waals surface area contributed by atoms with Crippen LogP contribution in [0.5, 0.6) is 0 Å². The Morgan fingerprint density at radius 1 is 1.59 bits per heavy atom. The predicted octanol–water partition coefficient (Wildman–Crippen LogP) is 1.89. The van der Waals surface area contributed by atoms with Gasteiger partial charge in [-0.2, -0.15) is 5.26 Å². The van der Waals surface area contributed by atoms with Crippen LogP contribution in [0.2, 0.25) is 0 Å². The summed E-state index contributed by atoms with van der Waals surface area (Å²) in [5.41, 5.74) is 1.01. The first kappa shape index (κ1) is 13.1. The van der Waals surface area contributed by atoms with E-state index in [9.17, 15) is 4.79 Å². The van der Waals surface area contributed by atoms with Crippen LogP contribution in [0.3, 0.4) is 0 Å². The van der Waals surface area contributed by atoms with Crippen molar-refractivity contribution in [3.8, 4) is 6.19 Å². The third-order valence-corrected chi connectivity index (χ3v) is 2.43. The number of nitrogens with one attached hydrogen (secondary N) is 1. The van der Waals surface area contributed by atoms with E-state index in [1.54, 1.807) is 36.7 Å². The number of ether oxygens (including phenoxy) is 1. The molecule has 0 fully saturated rings. The fourth-order valence-corrected chi connectivity index (χ4v) is 1.45. The first-order valence-electron chi connectivity index (χ1n) is 4.67. The smallest absolute Gasteiger partial charge is 0.337 e. The Morgan fingerprint density at radius 2 is 2.35 bits per heavy atom. The summed E-state index contributed by atoms with van der Waals surface area (Å²) in [6.07, 6.45) is 3.59. The number of methoxy groups -OCH3 is 1. The number of hydrogen-bond donors (Lipinski definition) is 1. The van der Waals surface area contributed by atoms with Gasteiger partial charge >= 0.3 is 5.97 Å². The number of esters is 1. The minimum absolute atomic E-state index is 0.416. The third-order valence-electron chi connectivity index (χ3n) is 1.85. The van der Waals surface area contributed by atoms with Crippen molar-refractivity contribution in [3.63, 3.8) is 0 Å². The monoisotopic (exact) mass is 249 g/mol. The third kappa shape index (κ3) is 3.81. The van der Waals surface area contributed by atoms with Gasteiger partial charge in [-0.1, -0.05) is 17.8 Å². The molecule has 17 heavy (non-hydrogen) atoms. The molecule has 5 nitrogen and oxygen atoms in total. The standard InChI is InChI=1S/C11H11N3O2S/c1-16-10(15)8-4-3-5-9(6-8)14-11(17-2)13-7-12/h3-6H,1-2H3,(H,13,14). The quantitative estimate of drug-likeness (QED) is 0.285. The van der Waals surface area contributed by atoms with Gasteiger partial charge in [-0.25, -0.2) is 9.79 Å². The lowest BCUT2D eigenvalue weighted by molar-refractivity contribution is 0.0601. The molecule has 0 spiro atoms. The second kappa shape index (κ2) is 6.55. The van der Waals surface area contributed by atoms with Gasteiger partial charge in [0.1, 0.15) is 0 Å². The van der Waals surface area contributed by atoms with Crippen molar-refractivity contribution in [3.05, 3.63) is 29.8 Å². The summed E-state index contributed by atoms with van der Waals surface area (Å²) in [6.45, 7) is 0. The van der Waals surface area contributed by atoms with Crippen LogP contribution in [0, 0.1) is 11.5 Å². The normalized spacial score (nSPS) is 10.5. The summed E-state index contributed by atoms with van der Waals surface area (Å²) >= 11 is 1.31. The molecule has 1 aromatic rings. The van der Waals surface area contributed by atoms with Gasteiger partial charge in [-0.15, -0.1) is 0 Å². The van der Waals surface area contributed by atoms with Crippen LogP contribution in [0.15, 0.2) is 29.3 Å². The molecule has 0 heterocycles. The number of carbonyl (C=O) groups excluding carboxylic acids is 1. The van der Waals surface area contributed by atoms with Crippen molar-refractivity contribution >= 4 is 28.6 Å². The van der Waals surface area contributed by atoms with Gasteiger partial charge in [-0.05, 0) is 24.5 Å². The van der Waals surface area contributed by atoms with E-state index in [0.29, 0.717) is 16.4 Å². The lowest BCUT2D eigenvalue weighted by Crippen LogP contribution is -2.12. The molecule has 0 saturated carbocycles. The maximum Gasteiger partial charge on any atom is 0.337 e. The summed E-state index contributed by atoms with van der Waals surface area (Å²) < 4.78 is 4.61. The first-order chi connectivity index (χ1) is 8.21. The number of benzene rings is 1. The summed E-state index contributed by atoms with van der Waals surface area (Å²) in [5.74, 6) is -0.416. The molecule has 0 aliphatic heterocycles. The number of nitriles is 1. The summed E-state index contributed by atoms with van der Waals surface area (Å²) in [4.78, 5) is 15.5. The summed E-state index contributed by atoms with van der Waals surface area (Å²) in [7, 11) is 1.32. The van der Waals surface area contributed by atoms with Crippen molar-refractivity contribution in [2.45, 2.75) is 0 Å². The Morgan fingerprint density at radius 3 is 2.94 bits per heavy atom. The Balaban J connectivity index is 2.99. The molecule has 0 saturated heterocycles. The zero-order valence-electron chi connectivity index (χ0n) is 9.43. The molecular weight excluding hydrogens is 238 g/mol. The topological polar surface area (TPSA) is 74.5 Å². The van der Waals surface area contributed by atoms with Crippen LogP contribution in [0.4, 0.5) is 5.69 Å². The highest BCUT2D eigenvalue weighted by Crippen LogP contribution is 2.16. The minimum Gasteiger partial charge on any atom is -0.465 e. The van der Waals surface area contributed by atoms with Crippen LogP contribution >= 0.6 is 11.8 Å². The largest absolute Gasteiger partial charge is 0.465 e. The lowest BCUT2D eigenvalue weighted by atomic mass is 10.2. The fourth-order valence-electron chi connectivity index (χ4n) is 1.11. The highest BCUT2D eigenvalue weighted by atomic mass is 32.2. The molecule has 0 aliphatic carbocycles. The second-order valence-electron chi connectivity index (χ2n) is 2.90. The van der Waals surface area contributed by atoms with E-state index in [-0.39, 0.29) is 0 Å². The zero-order chi connectivity index (χ0) is 12.7. The molecule has 0 unspecified atom stereocenters. The SMILES string of the molecule is COC(=O)c1cccc(N=C(NC#N)SC)c1. The maximum absolute atomic E-state index is 11.3. The number of hydrogen-bond acceptors (Lipinski definition) is 5. The van der Waals surface area contributed by atoms with Crippen LogP contribution in [-0.2, 0) is 4.74 Å². The molecular formula is C11H11N3O2S. The molecule has 0 aliphatic rings. The Bertz CT molecular complexity index is 480. The molecule has 1 rings (SSSR count). The van der Waals surface area contributed by atoms with Gasteiger partial charge in [0.05, 0.1) is 18.4 Å². The van der Waals surface area contributed by atoms with Gasteiger partial charge < -0.3 is 4.74 Å². The highest BCUT2D eigenvalue weighted by Gasteiger charge is 2.05. The zero-order valence-corrected chi connectivity index (χ0v) is 10.2. The van der Waals surface area contributed by atoms with Gasteiger partial charge in [0, 0.05) is 0 Å². The highest BCUT2D eigenvalue weighted by molar-refractivity contribution is 8.13. The molecule has 0 amide bonds. The molecule has 0 radical (unpaired) electrons. The fraction of sp³-hybridized carbons (Fsp3) is 0.182. The molecule has 6 heteroatoms. The van der Waals surface area contributed by atoms with Crippen molar-refractivity contribution < 1.29 is 9.53 Å². The van der Waals surface area contributed by atoms with E-state index in [1.165, 1.54) is 18.9 Å².